The third-order valence-electron chi connectivity index (χ3n) is 5.80. The predicted octanol–water partition coefficient (Wildman–Crippen LogP) is 5.12. The van der Waals surface area contributed by atoms with Gasteiger partial charge in [-0.05, 0) is 54.2 Å². The van der Waals surface area contributed by atoms with Crippen LogP contribution in [0.1, 0.15) is 48.0 Å². The Morgan fingerprint density at radius 3 is 2.71 bits per heavy atom. The summed E-state index contributed by atoms with van der Waals surface area (Å²) in [6, 6.07) is 14.4. The first-order valence-corrected chi connectivity index (χ1v) is 10.3. The Hall–Kier alpha value is -3.13. The van der Waals surface area contributed by atoms with E-state index in [1.807, 2.05) is 18.2 Å². The average Bonchev–Trinajstić information content (AvgIpc) is 3.08. The number of hydrogen-bond donors (Lipinski definition) is 1. The normalized spacial score (nSPS) is 18.5. The fourth-order valence-electron chi connectivity index (χ4n) is 4.38. The lowest BCUT2D eigenvalue weighted by atomic mass is 9.86. The van der Waals surface area contributed by atoms with Gasteiger partial charge >= 0.3 is 6.36 Å². The van der Waals surface area contributed by atoms with Crippen LogP contribution in [0.3, 0.4) is 0 Å². The van der Waals surface area contributed by atoms with Gasteiger partial charge < -0.3 is 10.1 Å². The van der Waals surface area contributed by atoms with E-state index in [2.05, 4.69) is 43.0 Å². The van der Waals surface area contributed by atoms with Gasteiger partial charge in [0, 0.05) is 12.5 Å². The van der Waals surface area contributed by atoms with E-state index in [0.717, 1.165) is 54.3 Å². The fourth-order valence-corrected chi connectivity index (χ4v) is 4.38. The molecule has 5 nitrogen and oxygen atoms in total. The summed E-state index contributed by atoms with van der Waals surface area (Å²) in [4.78, 5) is 0. The molecule has 0 amide bonds. The van der Waals surface area contributed by atoms with Gasteiger partial charge in [-0.1, -0.05) is 36.4 Å². The van der Waals surface area contributed by atoms with Gasteiger partial charge in [-0.15, -0.1) is 23.4 Å². The van der Waals surface area contributed by atoms with Gasteiger partial charge in [0.05, 0.1) is 12.2 Å². The van der Waals surface area contributed by atoms with Gasteiger partial charge in [0.2, 0.25) is 0 Å². The molecule has 0 bridgehead atoms. The van der Waals surface area contributed by atoms with Crippen molar-refractivity contribution in [3.05, 3.63) is 77.4 Å². The highest BCUT2D eigenvalue weighted by molar-refractivity contribution is 5.67. The molecule has 1 atom stereocenters. The Bertz CT molecular complexity index is 1140. The maximum Gasteiger partial charge on any atom is 0.573 e. The highest BCUT2D eigenvalue weighted by Gasteiger charge is 2.31. The zero-order chi connectivity index (χ0) is 21.4. The van der Waals surface area contributed by atoms with E-state index < -0.39 is 6.36 Å². The summed E-state index contributed by atoms with van der Waals surface area (Å²) in [6.07, 6.45) is -0.232. The van der Waals surface area contributed by atoms with Crippen molar-refractivity contribution < 1.29 is 17.9 Å². The van der Waals surface area contributed by atoms with E-state index in [-0.39, 0.29) is 11.7 Å². The van der Waals surface area contributed by atoms with E-state index in [1.165, 1.54) is 17.7 Å². The van der Waals surface area contributed by atoms with Crippen molar-refractivity contribution in [1.82, 2.24) is 20.1 Å². The van der Waals surface area contributed by atoms with Crippen LogP contribution in [-0.2, 0) is 13.1 Å². The number of nitrogens with one attached hydrogen (secondary N) is 1. The number of ether oxygens (including phenoxy) is 1. The number of para-hydroxylation sites is 1. The molecule has 2 aliphatic rings. The molecule has 0 saturated carbocycles. The second kappa shape index (κ2) is 7.85. The molecule has 5 rings (SSSR count). The molecule has 0 radical (unpaired) electrons. The van der Waals surface area contributed by atoms with Crippen LogP contribution in [0.5, 0.6) is 5.75 Å². The number of halogens is 3. The number of rotatable bonds is 3. The summed E-state index contributed by atoms with van der Waals surface area (Å²) in [6.45, 7) is 1.44. The average molecular weight is 426 g/mol. The minimum atomic E-state index is -4.69. The maximum atomic E-state index is 12.5. The molecule has 1 N–H and O–H groups in total. The summed E-state index contributed by atoms with van der Waals surface area (Å²) in [5, 5.41) is 12.3. The molecule has 160 valence electrons. The van der Waals surface area contributed by atoms with Crippen LogP contribution in [0.2, 0.25) is 0 Å². The second-order valence-corrected chi connectivity index (χ2v) is 7.82. The third kappa shape index (κ3) is 4.07. The van der Waals surface area contributed by atoms with Gasteiger partial charge in [-0.2, -0.15) is 0 Å². The van der Waals surface area contributed by atoms with Crippen LogP contribution in [0.15, 0.2) is 54.6 Å². The molecule has 31 heavy (non-hydrogen) atoms. The van der Waals surface area contributed by atoms with Crippen LogP contribution in [0.25, 0.3) is 11.3 Å². The minimum Gasteiger partial charge on any atom is -0.406 e. The molecule has 0 saturated heterocycles. The second-order valence-electron chi connectivity index (χ2n) is 7.82. The number of benzene rings is 2. The molecular weight excluding hydrogens is 405 g/mol. The summed E-state index contributed by atoms with van der Waals surface area (Å²) in [5.41, 5.74) is 4.10. The largest absolute Gasteiger partial charge is 0.573 e. The lowest BCUT2D eigenvalue weighted by Gasteiger charge is -2.23. The van der Waals surface area contributed by atoms with Crippen LogP contribution in [0.4, 0.5) is 13.2 Å². The zero-order valence-electron chi connectivity index (χ0n) is 16.7. The van der Waals surface area contributed by atoms with Crippen LogP contribution in [0, 0.1) is 0 Å². The van der Waals surface area contributed by atoms with E-state index in [9.17, 15) is 13.2 Å². The molecule has 2 aromatic carbocycles. The van der Waals surface area contributed by atoms with E-state index >= 15 is 0 Å². The standard InChI is InChI=1S/C23H21F3N4O/c24-23(25,26)31-19-6-3-5-17(12-19)15-8-10-16(11-9-15)22-29-28-21-14-27-13-18-4-1-2-7-20(18)30(21)22/h1-8,12,16,27H,9-11,13-14H2. The molecule has 3 aromatic rings. The molecule has 1 aliphatic carbocycles. The van der Waals surface area contributed by atoms with Crippen molar-refractivity contribution in [2.24, 2.45) is 0 Å². The van der Waals surface area contributed by atoms with Gasteiger partial charge in [-0.3, -0.25) is 4.57 Å². The number of hydrogen-bond acceptors (Lipinski definition) is 4. The quantitative estimate of drug-likeness (QED) is 0.632. The van der Waals surface area contributed by atoms with Crippen LogP contribution < -0.4 is 10.1 Å². The molecule has 0 fully saturated rings. The first-order chi connectivity index (χ1) is 15.0. The Labute approximate surface area is 177 Å². The lowest BCUT2D eigenvalue weighted by molar-refractivity contribution is -0.274. The monoisotopic (exact) mass is 426 g/mol. The molecule has 0 spiro atoms. The maximum absolute atomic E-state index is 12.5. The van der Waals surface area contributed by atoms with Gasteiger partial charge in [-0.25, -0.2) is 0 Å². The van der Waals surface area contributed by atoms with Gasteiger partial charge in [0.1, 0.15) is 11.6 Å². The van der Waals surface area contributed by atoms with Crippen molar-refractivity contribution in [1.29, 1.82) is 0 Å². The SMILES string of the molecule is FC(F)(F)Oc1cccc(C2=CCC(c3nnc4n3-c3ccccc3CNC4)CC2)c1. The molecule has 1 unspecified atom stereocenters. The van der Waals surface area contributed by atoms with E-state index in [1.54, 1.807) is 6.07 Å². The molecule has 1 aliphatic heterocycles. The third-order valence-corrected chi connectivity index (χ3v) is 5.80. The number of fused-ring (bicyclic) bond motifs is 3. The first kappa shape index (κ1) is 19.8. The highest BCUT2D eigenvalue weighted by atomic mass is 19.4. The van der Waals surface area contributed by atoms with Crippen molar-refractivity contribution >= 4 is 5.57 Å². The van der Waals surface area contributed by atoms with Crippen LogP contribution in [-0.4, -0.2) is 21.1 Å². The molecule has 1 aromatic heterocycles. The number of nitrogens with zero attached hydrogens (tertiary/aromatic N) is 3. The molecular formula is C23H21F3N4O. The topological polar surface area (TPSA) is 52.0 Å². The number of alkyl halides is 3. The fraction of sp³-hybridized carbons (Fsp3) is 0.304. The lowest BCUT2D eigenvalue weighted by Crippen LogP contribution is -2.17. The Morgan fingerprint density at radius 1 is 1.03 bits per heavy atom. The highest BCUT2D eigenvalue weighted by Crippen LogP contribution is 2.38. The Kier molecular flexibility index (Phi) is 5.02. The number of aromatic nitrogens is 3. The summed E-state index contributed by atoms with van der Waals surface area (Å²) in [5.74, 6) is 1.84. The first-order valence-electron chi connectivity index (χ1n) is 10.3. The van der Waals surface area contributed by atoms with Crippen molar-refractivity contribution in [3.8, 4) is 11.4 Å². The van der Waals surface area contributed by atoms with E-state index in [0.29, 0.717) is 6.54 Å². The minimum absolute atomic E-state index is 0.195. The van der Waals surface area contributed by atoms with E-state index in [4.69, 9.17) is 0 Å². The zero-order valence-corrected chi connectivity index (χ0v) is 16.7. The van der Waals surface area contributed by atoms with Crippen LogP contribution >= 0.6 is 0 Å². The van der Waals surface area contributed by atoms with Crippen molar-refractivity contribution in [2.45, 2.75) is 44.6 Å². The smallest absolute Gasteiger partial charge is 0.406 e. The van der Waals surface area contributed by atoms with Crippen molar-refractivity contribution in [2.75, 3.05) is 0 Å². The summed E-state index contributed by atoms with van der Waals surface area (Å²) in [7, 11) is 0. The van der Waals surface area contributed by atoms with Gasteiger partial charge in [0.15, 0.2) is 5.82 Å². The molecule has 2 heterocycles. The van der Waals surface area contributed by atoms with Gasteiger partial charge in [0.25, 0.3) is 0 Å². The summed E-state index contributed by atoms with van der Waals surface area (Å²) >= 11 is 0. The molecule has 8 heteroatoms. The number of allylic oxidation sites excluding steroid dienone is 2. The Morgan fingerprint density at radius 2 is 1.90 bits per heavy atom. The predicted molar refractivity (Wildman–Crippen MR) is 110 cm³/mol. The summed E-state index contributed by atoms with van der Waals surface area (Å²) < 4.78 is 43.8. The Balaban J connectivity index is 1.40. The van der Waals surface area contributed by atoms with Crippen molar-refractivity contribution in [3.63, 3.8) is 0 Å².